The molecule has 0 atom stereocenters. The fourth-order valence-corrected chi connectivity index (χ4v) is 2.69. The van der Waals surface area contributed by atoms with Gasteiger partial charge in [-0.25, -0.2) is 8.42 Å². The van der Waals surface area contributed by atoms with Crippen LogP contribution in [0.15, 0.2) is 29.2 Å². The SMILES string of the molecule is CCOC(=O)CN(C)S(=O)(=O)c1cccc(C#CCO)c1. The Morgan fingerprint density at radius 1 is 1.43 bits per heavy atom. The standard InChI is InChI=1S/C14H17NO5S/c1-3-20-14(17)11-15(2)21(18,19)13-8-4-6-12(10-13)7-5-9-16/h4,6,8,10,16H,3,9,11H2,1-2H3. The van der Waals surface area contributed by atoms with E-state index in [-0.39, 0.29) is 24.7 Å². The molecule has 1 N–H and O–H groups in total. The summed E-state index contributed by atoms with van der Waals surface area (Å²) >= 11 is 0. The van der Waals surface area contributed by atoms with Gasteiger partial charge in [0.15, 0.2) is 0 Å². The molecule has 0 aromatic heterocycles. The molecule has 0 saturated carbocycles. The molecular weight excluding hydrogens is 294 g/mol. The van der Waals surface area contributed by atoms with E-state index < -0.39 is 16.0 Å². The molecule has 6 nitrogen and oxygen atoms in total. The third-order valence-electron chi connectivity index (χ3n) is 2.51. The van der Waals surface area contributed by atoms with Gasteiger partial charge >= 0.3 is 5.97 Å². The number of nitrogens with zero attached hydrogens (tertiary/aromatic N) is 1. The third kappa shape index (κ3) is 4.86. The maximum absolute atomic E-state index is 12.3. The number of likely N-dealkylation sites (N-methyl/N-ethyl adjacent to an activating group) is 1. The Kier molecular flexibility index (Phi) is 6.37. The topological polar surface area (TPSA) is 83.9 Å². The second-order valence-electron chi connectivity index (χ2n) is 4.05. The highest BCUT2D eigenvalue weighted by molar-refractivity contribution is 7.89. The van der Waals surface area contributed by atoms with Crippen LogP contribution >= 0.6 is 0 Å². The lowest BCUT2D eigenvalue weighted by atomic mass is 10.2. The minimum Gasteiger partial charge on any atom is -0.465 e. The van der Waals surface area contributed by atoms with Crippen molar-refractivity contribution in [2.45, 2.75) is 11.8 Å². The average Bonchev–Trinajstić information content (AvgIpc) is 2.45. The highest BCUT2D eigenvalue weighted by Crippen LogP contribution is 2.15. The van der Waals surface area contributed by atoms with Crippen LogP contribution in [0.4, 0.5) is 0 Å². The van der Waals surface area contributed by atoms with Crippen LogP contribution in [0.5, 0.6) is 0 Å². The normalized spacial score (nSPS) is 10.9. The molecule has 0 fully saturated rings. The van der Waals surface area contributed by atoms with Gasteiger partial charge in [0.05, 0.1) is 11.5 Å². The largest absolute Gasteiger partial charge is 0.465 e. The van der Waals surface area contributed by atoms with E-state index in [2.05, 4.69) is 11.8 Å². The van der Waals surface area contributed by atoms with Gasteiger partial charge in [0.25, 0.3) is 0 Å². The zero-order valence-electron chi connectivity index (χ0n) is 11.9. The Morgan fingerprint density at radius 3 is 2.76 bits per heavy atom. The van der Waals surface area contributed by atoms with Gasteiger partial charge in [-0.2, -0.15) is 4.31 Å². The number of rotatable bonds is 5. The summed E-state index contributed by atoms with van der Waals surface area (Å²) in [6.45, 7) is 1.18. The second kappa shape index (κ2) is 7.78. The maximum atomic E-state index is 12.3. The third-order valence-corrected chi connectivity index (χ3v) is 4.31. The molecule has 0 bridgehead atoms. The van der Waals surface area contributed by atoms with Crippen molar-refractivity contribution in [3.8, 4) is 11.8 Å². The Morgan fingerprint density at radius 2 is 2.14 bits per heavy atom. The highest BCUT2D eigenvalue weighted by atomic mass is 32.2. The van der Waals surface area contributed by atoms with E-state index >= 15 is 0 Å². The van der Waals surface area contributed by atoms with E-state index in [1.165, 1.54) is 19.2 Å². The van der Waals surface area contributed by atoms with Gasteiger partial charge in [-0.15, -0.1) is 0 Å². The van der Waals surface area contributed by atoms with Gasteiger partial charge in [-0.3, -0.25) is 4.79 Å². The summed E-state index contributed by atoms with van der Waals surface area (Å²) < 4.78 is 30.3. The minimum absolute atomic E-state index is 0.0269. The molecule has 1 rings (SSSR count). The Hall–Kier alpha value is -1.88. The van der Waals surface area contributed by atoms with E-state index in [1.54, 1.807) is 19.1 Å². The number of esters is 1. The molecule has 0 amide bonds. The molecule has 0 radical (unpaired) electrons. The van der Waals surface area contributed by atoms with Crippen molar-refractivity contribution in [1.82, 2.24) is 4.31 Å². The molecule has 0 saturated heterocycles. The predicted octanol–water partition coefficient (Wildman–Crippen LogP) is 0.214. The minimum atomic E-state index is -3.80. The number of carbonyl (C=O) groups excluding carboxylic acids is 1. The predicted molar refractivity (Wildman–Crippen MR) is 76.9 cm³/mol. The number of hydrogen-bond donors (Lipinski definition) is 1. The van der Waals surface area contributed by atoms with E-state index in [0.29, 0.717) is 5.56 Å². The lowest BCUT2D eigenvalue weighted by Gasteiger charge is -2.16. The van der Waals surface area contributed by atoms with Crippen LogP contribution in [0.25, 0.3) is 0 Å². The summed E-state index contributed by atoms with van der Waals surface area (Å²) in [6.07, 6.45) is 0. The first kappa shape index (κ1) is 17.2. The molecule has 21 heavy (non-hydrogen) atoms. The number of aliphatic hydroxyl groups excluding tert-OH is 1. The molecule has 1 aromatic rings. The zero-order valence-corrected chi connectivity index (χ0v) is 12.7. The number of ether oxygens (including phenoxy) is 1. The molecule has 0 aliphatic heterocycles. The lowest BCUT2D eigenvalue weighted by molar-refractivity contribution is -0.143. The summed E-state index contributed by atoms with van der Waals surface area (Å²) in [5.74, 6) is 4.47. The van der Waals surface area contributed by atoms with Crippen LogP contribution in [0.3, 0.4) is 0 Å². The van der Waals surface area contributed by atoms with E-state index in [4.69, 9.17) is 9.84 Å². The van der Waals surface area contributed by atoms with Crippen molar-refractivity contribution in [1.29, 1.82) is 0 Å². The first-order valence-corrected chi connectivity index (χ1v) is 7.67. The molecule has 7 heteroatoms. The second-order valence-corrected chi connectivity index (χ2v) is 6.10. The number of aliphatic hydroxyl groups is 1. The van der Waals surface area contributed by atoms with Gasteiger partial charge < -0.3 is 9.84 Å². The Bertz CT molecular complexity index is 657. The summed E-state index contributed by atoms with van der Waals surface area (Å²) in [7, 11) is -2.49. The summed E-state index contributed by atoms with van der Waals surface area (Å²) in [4.78, 5) is 11.4. The Balaban J connectivity index is 2.99. The van der Waals surface area contributed by atoms with Crippen molar-refractivity contribution in [3.63, 3.8) is 0 Å². The Labute approximate surface area is 124 Å². The van der Waals surface area contributed by atoms with Crippen LogP contribution in [0.2, 0.25) is 0 Å². The summed E-state index contributed by atoms with van der Waals surface area (Å²) in [6, 6.07) is 5.99. The molecule has 0 heterocycles. The van der Waals surface area contributed by atoms with Crippen LogP contribution in [0.1, 0.15) is 12.5 Å². The van der Waals surface area contributed by atoms with Crippen LogP contribution < -0.4 is 0 Å². The maximum Gasteiger partial charge on any atom is 0.321 e. The zero-order chi connectivity index (χ0) is 15.9. The fourth-order valence-electron chi connectivity index (χ4n) is 1.53. The van der Waals surface area contributed by atoms with Crippen LogP contribution in [0, 0.1) is 11.8 Å². The summed E-state index contributed by atoms with van der Waals surface area (Å²) in [5, 5.41) is 8.64. The van der Waals surface area contributed by atoms with Crippen LogP contribution in [-0.4, -0.2) is 50.6 Å². The molecule has 0 aliphatic rings. The van der Waals surface area contributed by atoms with E-state index in [9.17, 15) is 13.2 Å². The smallest absolute Gasteiger partial charge is 0.321 e. The average molecular weight is 311 g/mol. The highest BCUT2D eigenvalue weighted by Gasteiger charge is 2.23. The van der Waals surface area contributed by atoms with E-state index in [1.807, 2.05) is 0 Å². The van der Waals surface area contributed by atoms with Crippen molar-refractivity contribution in [2.75, 3.05) is 26.8 Å². The number of benzene rings is 1. The van der Waals surface area contributed by atoms with E-state index in [0.717, 1.165) is 4.31 Å². The van der Waals surface area contributed by atoms with Gasteiger partial charge in [-0.05, 0) is 25.1 Å². The summed E-state index contributed by atoms with van der Waals surface area (Å²) in [5.41, 5.74) is 0.467. The molecule has 1 aromatic carbocycles. The molecule has 114 valence electrons. The van der Waals surface area contributed by atoms with Gasteiger partial charge in [0.2, 0.25) is 10.0 Å². The number of carbonyl (C=O) groups is 1. The lowest BCUT2D eigenvalue weighted by Crippen LogP contribution is -2.33. The molecular formula is C14H17NO5S. The molecule has 0 spiro atoms. The van der Waals surface area contributed by atoms with Gasteiger partial charge in [0.1, 0.15) is 13.2 Å². The van der Waals surface area contributed by atoms with Gasteiger partial charge in [0, 0.05) is 12.6 Å². The number of sulfonamides is 1. The fraction of sp³-hybridized carbons (Fsp3) is 0.357. The number of hydrogen-bond acceptors (Lipinski definition) is 5. The molecule has 0 aliphatic carbocycles. The monoisotopic (exact) mass is 311 g/mol. The van der Waals surface area contributed by atoms with Gasteiger partial charge in [-0.1, -0.05) is 17.9 Å². The van der Waals surface area contributed by atoms with Crippen LogP contribution in [-0.2, 0) is 19.6 Å². The molecule has 0 unspecified atom stereocenters. The first-order valence-electron chi connectivity index (χ1n) is 6.23. The van der Waals surface area contributed by atoms with Crippen molar-refractivity contribution in [3.05, 3.63) is 29.8 Å². The van der Waals surface area contributed by atoms with Crippen molar-refractivity contribution < 1.29 is 23.1 Å². The van der Waals surface area contributed by atoms with Crippen molar-refractivity contribution in [2.24, 2.45) is 0 Å². The first-order chi connectivity index (χ1) is 9.91. The quantitative estimate of drug-likeness (QED) is 0.621. The van der Waals surface area contributed by atoms with Crippen molar-refractivity contribution >= 4 is 16.0 Å².